The van der Waals surface area contributed by atoms with E-state index in [2.05, 4.69) is 5.32 Å². The lowest BCUT2D eigenvalue weighted by atomic mass is 10.1. The molecule has 1 aromatic carbocycles. The SMILES string of the molecule is Cc1cccc(C)c1NC(=O)[C@@H]1C[C@@H](O)CN1C(=O)OCC(C)C. The smallest absolute Gasteiger partial charge is 0.410 e. The van der Waals surface area contributed by atoms with E-state index >= 15 is 0 Å². The minimum atomic E-state index is -0.723. The van der Waals surface area contributed by atoms with Crippen LogP contribution in [0.4, 0.5) is 10.5 Å². The number of carbonyl (C=O) groups is 2. The molecule has 0 saturated carbocycles. The predicted molar refractivity (Wildman–Crippen MR) is 91.8 cm³/mol. The van der Waals surface area contributed by atoms with Crippen LogP contribution < -0.4 is 5.32 Å². The van der Waals surface area contributed by atoms with Crippen molar-refractivity contribution in [1.82, 2.24) is 4.90 Å². The minimum Gasteiger partial charge on any atom is -0.449 e. The van der Waals surface area contributed by atoms with Crippen molar-refractivity contribution in [2.24, 2.45) is 5.92 Å². The van der Waals surface area contributed by atoms with Crippen LogP contribution in [0.25, 0.3) is 0 Å². The van der Waals surface area contributed by atoms with Gasteiger partial charge in [-0.05, 0) is 30.9 Å². The number of amides is 2. The van der Waals surface area contributed by atoms with Crippen molar-refractivity contribution in [2.45, 2.75) is 46.3 Å². The standard InChI is InChI=1S/C18H26N2O4/c1-11(2)10-24-18(23)20-9-14(21)8-15(20)17(22)19-16-12(3)6-5-7-13(16)4/h5-7,11,14-15,21H,8-10H2,1-4H3,(H,19,22)/t14-,15+/m1/s1. The summed E-state index contributed by atoms with van der Waals surface area (Å²) in [4.78, 5) is 26.2. The lowest BCUT2D eigenvalue weighted by Gasteiger charge is -2.24. The van der Waals surface area contributed by atoms with Gasteiger partial charge >= 0.3 is 6.09 Å². The van der Waals surface area contributed by atoms with Crippen LogP contribution >= 0.6 is 0 Å². The summed E-state index contributed by atoms with van der Waals surface area (Å²) in [5.41, 5.74) is 2.66. The molecule has 1 fully saturated rings. The summed E-state index contributed by atoms with van der Waals surface area (Å²) in [5, 5.41) is 12.8. The number of hydrogen-bond donors (Lipinski definition) is 2. The molecule has 0 unspecified atom stereocenters. The van der Waals surface area contributed by atoms with Gasteiger partial charge in [-0.3, -0.25) is 9.69 Å². The maximum Gasteiger partial charge on any atom is 0.410 e. The number of nitrogens with zero attached hydrogens (tertiary/aromatic N) is 1. The van der Waals surface area contributed by atoms with Crippen LogP contribution in [-0.4, -0.2) is 47.3 Å². The Morgan fingerprint density at radius 2 is 1.96 bits per heavy atom. The van der Waals surface area contributed by atoms with Crippen molar-refractivity contribution in [3.63, 3.8) is 0 Å². The van der Waals surface area contributed by atoms with Gasteiger partial charge in [-0.2, -0.15) is 0 Å². The zero-order chi connectivity index (χ0) is 17.9. The van der Waals surface area contributed by atoms with Crippen LogP contribution in [0.1, 0.15) is 31.4 Å². The van der Waals surface area contributed by atoms with E-state index in [1.807, 2.05) is 45.9 Å². The normalized spacial score (nSPS) is 20.3. The molecule has 0 aromatic heterocycles. The van der Waals surface area contributed by atoms with E-state index in [1.54, 1.807) is 0 Å². The van der Waals surface area contributed by atoms with Gasteiger partial charge in [0.05, 0.1) is 19.3 Å². The van der Waals surface area contributed by atoms with Crippen molar-refractivity contribution in [3.05, 3.63) is 29.3 Å². The molecule has 2 N–H and O–H groups in total. The summed E-state index contributed by atoms with van der Waals surface area (Å²) in [6.45, 7) is 8.12. The van der Waals surface area contributed by atoms with Gasteiger partial charge in [-0.1, -0.05) is 32.0 Å². The quantitative estimate of drug-likeness (QED) is 0.886. The average Bonchev–Trinajstić information content (AvgIpc) is 2.90. The molecule has 0 radical (unpaired) electrons. The molecule has 24 heavy (non-hydrogen) atoms. The van der Waals surface area contributed by atoms with E-state index in [-0.39, 0.29) is 31.4 Å². The highest BCUT2D eigenvalue weighted by molar-refractivity contribution is 5.98. The zero-order valence-electron chi connectivity index (χ0n) is 14.7. The summed E-state index contributed by atoms with van der Waals surface area (Å²) in [7, 11) is 0. The Bertz CT molecular complexity index is 595. The molecular weight excluding hydrogens is 308 g/mol. The van der Waals surface area contributed by atoms with Crippen LogP contribution in [0.5, 0.6) is 0 Å². The molecule has 0 aliphatic carbocycles. The van der Waals surface area contributed by atoms with E-state index in [4.69, 9.17) is 4.74 Å². The van der Waals surface area contributed by atoms with Crippen molar-refractivity contribution < 1.29 is 19.4 Å². The molecule has 1 heterocycles. The molecule has 132 valence electrons. The maximum absolute atomic E-state index is 12.6. The van der Waals surface area contributed by atoms with Crippen LogP contribution in [0, 0.1) is 19.8 Å². The number of aryl methyl sites for hydroxylation is 2. The molecule has 0 bridgehead atoms. The minimum absolute atomic E-state index is 0.113. The maximum atomic E-state index is 12.6. The average molecular weight is 334 g/mol. The Balaban J connectivity index is 2.10. The van der Waals surface area contributed by atoms with Gasteiger partial charge < -0.3 is 15.2 Å². The molecule has 1 aliphatic heterocycles. The number of benzene rings is 1. The second kappa shape index (κ2) is 7.66. The van der Waals surface area contributed by atoms with Gasteiger partial charge in [-0.15, -0.1) is 0 Å². The highest BCUT2D eigenvalue weighted by atomic mass is 16.6. The van der Waals surface area contributed by atoms with E-state index < -0.39 is 18.2 Å². The second-order valence-electron chi connectivity index (χ2n) is 6.78. The molecular formula is C18H26N2O4. The summed E-state index contributed by atoms with van der Waals surface area (Å²) >= 11 is 0. The molecule has 1 aliphatic rings. The molecule has 6 heteroatoms. The Kier molecular flexibility index (Phi) is 5.83. The number of hydrogen-bond acceptors (Lipinski definition) is 4. The van der Waals surface area contributed by atoms with Gasteiger partial charge in [0.25, 0.3) is 0 Å². The van der Waals surface area contributed by atoms with Crippen LogP contribution in [0.2, 0.25) is 0 Å². The lowest BCUT2D eigenvalue weighted by molar-refractivity contribution is -0.120. The fraction of sp³-hybridized carbons (Fsp3) is 0.556. The van der Waals surface area contributed by atoms with Crippen molar-refractivity contribution in [3.8, 4) is 0 Å². The number of nitrogens with one attached hydrogen (secondary N) is 1. The first-order valence-corrected chi connectivity index (χ1v) is 8.28. The van der Waals surface area contributed by atoms with Crippen molar-refractivity contribution >= 4 is 17.7 Å². The third-order valence-corrected chi connectivity index (χ3v) is 4.09. The molecule has 2 atom stereocenters. The number of aliphatic hydroxyl groups excluding tert-OH is 1. The Hall–Kier alpha value is -2.08. The van der Waals surface area contributed by atoms with Crippen LogP contribution in [-0.2, 0) is 9.53 Å². The summed E-state index contributed by atoms with van der Waals surface area (Å²) in [5.74, 6) is -0.0891. The number of anilines is 1. The highest BCUT2D eigenvalue weighted by Crippen LogP contribution is 2.24. The largest absolute Gasteiger partial charge is 0.449 e. The predicted octanol–water partition coefficient (Wildman–Crippen LogP) is 2.47. The molecule has 1 saturated heterocycles. The van der Waals surface area contributed by atoms with Crippen molar-refractivity contribution in [1.29, 1.82) is 0 Å². The lowest BCUT2D eigenvalue weighted by Crippen LogP contribution is -2.43. The van der Waals surface area contributed by atoms with Crippen LogP contribution in [0.15, 0.2) is 18.2 Å². The van der Waals surface area contributed by atoms with Gasteiger partial charge in [0.15, 0.2) is 0 Å². The first kappa shape index (κ1) is 18.3. The van der Waals surface area contributed by atoms with Gasteiger partial charge in [-0.25, -0.2) is 4.79 Å². The second-order valence-corrected chi connectivity index (χ2v) is 6.78. The van der Waals surface area contributed by atoms with Gasteiger partial charge in [0, 0.05) is 12.1 Å². The molecule has 2 rings (SSSR count). The number of likely N-dealkylation sites (tertiary alicyclic amines) is 1. The Morgan fingerprint density at radius 3 is 2.54 bits per heavy atom. The fourth-order valence-corrected chi connectivity index (χ4v) is 2.80. The monoisotopic (exact) mass is 334 g/mol. The van der Waals surface area contributed by atoms with E-state index in [0.717, 1.165) is 16.8 Å². The van der Waals surface area contributed by atoms with Gasteiger partial charge in [0.1, 0.15) is 6.04 Å². The highest BCUT2D eigenvalue weighted by Gasteiger charge is 2.40. The number of carbonyl (C=O) groups excluding carboxylic acids is 2. The molecule has 0 spiro atoms. The number of rotatable bonds is 4. The van der Waals surface area contributed by atoms with E-state index in [9.17, 15) is 14.7 Å². The zero-order valence-corrected chi connectivity index (χ0v) is 14.7. The van der Waals surface area contributed by atoms with E-state index in [0.29, 0.717) is 0 Å². The van der Waals surface area contributed by atoms with Crippen LogP contribution in [0.3, 0.4) is 0 Å². The summed E-state index contributed by atoms with van der Waals surface area (Å²) < 4.78 is 5.21. The Morgan fingerprint density at radius 1 is 1.33 bits per heavy atom. The molecule has 6 nitrogen and oxygen atoms in total. The van der Waals surface area contributed by atoms with Crippen molar-refractivity contribution in [2.75, 3.05) is 18.5 Å². The summed E-state index contributed by atoms with van der Waals surface area (Å²) in [6.07, 6.45) is -1.06. The number of para-hydroxylation sites is 1. The van der Waals surface area contributed by atoms with Gasteiger partial charge in [0.2, 0.25) is 5.91 Å². The number of aliphatic hydroxyl groups is 1. The molecule has 1 aromatic rings. The first-order valence-electron chi connectivity index (χ1n) is 8.28. The summed E-state index contributed by atoms with van der Waals surface area (Å²) in [6, 6.07) is 5.04. The fourth-order valence-electron chi connectivity index (χ4n) is 2.80. The third kappa shape index (κ3) is 4.26. The molecule has 2 amide bonds. The van der Waals surface area contributed by atoms with E-state index in [1.165, 1.54) is 4.90 Å². The number of ether oxygens (including phenoxy) is 1. The third-order valence-electron chi connectivity index (χ3n) is 4.09. The number of β-amino-alcohol motifs (C(OH)–C–C–N with tert-alkyl or cyclic N) is 1. The first-order chi connectivity index (χ1) is 11.3. The Labute approximate surface area is 142 Å². The topological polar surface area (TPSA) is 78.9 Å².